The van der Waals surface area contributed by atoms with Crippen LogP contribution in [0.3, 0.4) is 0 Å². The normalized spacial score (nSPS) is 15.6. The number of nitrogens with two attached hydrogens (primary N) is 4. The first-order valence-corrected chi connectivity index (χ1v) is 29.4. The van der Waals surface area contributed by atoms with Crippen molar-refractivity contribution in [2.45, 2.75) is 135 Å². The van der Waals surface area contributed by atoms with Crippen LogP contribution in [0.2, 0.25) is 0 Å². The molecular formula is C51H89Ar2F5N6S6. The monoisotopic (exact) mass is 1150 g/mol. The Bertz CT molecular complexity index is 1580. The van der Waals surface area contributed by atoms with Gasteiger partial charge in [0.05, 0.1) is 0 Å². The number of benzene rings is 3. The van der Waals surface area contributed by atoms with Gasteiger partial charge in [0.2, 0.25) is 0 Å². The number of thioether (sulfide) groups is 4. The molecule has 0 saturated heterocycles. The van der Waals surface area contributed by atoms with Crippen LogP contribution in [-0.4, -0.2) is 73.8 Å². The second kappa shape index (κ2) is 46.5. The summed E-state index contributed by atoms with van der Waals surface area (Å²) in [5.41, 5.74) is 26.1. The Hall–Kier alpha value is 1.37. The fraction of sp³-hybridized carbons (Fsp3) is 0.647. The van der Waals surface area contributed by atoms with Crippen LogP contribution in [0.15, 0.2) is 92.4 Å². The van der Waals surface area contributed by atoms with Gasteiger partial charge in [0.25, 0.3) is 0 Å². The average molecular weight is 1150 g/mol. The van der Waals surface area contributed by atoms with Gasteiger partial charge in [0.15, 0.2) is 0 Å². The number of nitrogens with one attached hydrogen (secondary N) is 2. The number of hydrogen-bond acceptors (Lipinski definition) is 12. The van der Waals surface area contributed by atoms with Gasteiger partial charge in [-0.2, -0.15) is 25.3 Å². The molecule has 19 heteroatoms. The zero-order chi connectivity index (χ0) is 44.9. The summed E-state index contributed by atoms with van der Waals surface area (Å²) in [4.78, 5) is 5.73. The molecule has 6 rings (SSSR count). The first kappa shape index (κ1) is 77.9. The minimum absolute atomic E-state index is 0. The molecule has 0 atom stereocenters. The van der Waals surface area contributed by atoms with E-state index in [-0.39, 0.29) is 99.0 Å². The Labute approximate surface area is 508 Å². The summed E-state index contributed by atoms with van der Waals surface area (Å²) in [5.74, 6) is 6.85. The Morgan fingerprint density at radius 1 is 0.471 bits per heavy atom. The Morgan fingerprint density at radius 2 is 0.829 bits per heavy atom. The topological polar surface area (TPSA) is 128 Å². The number of halogens is 5. The maximum absolute atomic E-state index is 5.69. The minimum atomic E-state index is 0. The summed E-state index contributed by atoms with van der Waals surface area (Å²) in [6, 6.07) is 26.9. The van der Waals surface area contributed by atoms with Gasteiger partial charge in [-0.25, -0.2) is 0 Å². The molecular weight excluding hydrogens is 1060 g/mol. The SMILES string of the molecule is F.F.F.F.F.NCCCCC(CS)(CS)CCCCN.NCCCCC1(CCCCN)CSc2cccc(c2)SC1.[Ar].[Ar].c1cc2cc(c1)NCCCCC1(CCCCN2)CSc2cccc(c2)SC1. The molecule has 0 unspecified atom stereocenters. The van der Waals surface area contributed by atoms with Crippen LogP contribution in [0.4, 0.5) is 34.9 Å². The molecule has 0 fully saturated rings. The fourth-order valence-corrected chi connectivity index (χ4v) is 15.1. The van der Waals surface area contributed by atoms with Gasteiger partial charge in [-0.1, -0.05) is 56.7 Å². The number of hydrogen-bond donors (Lipinski definition) is 8. The maximum atomic E-state index is 5.69. The fourth-order valence-electron chi connectivity index (χ4n) is 8.69. The Balaban J connectivity index is -0.000000462. The van der Waals surface area contributed by atoms with E-state index in [0.717, 1.165) is 76.5 Å². The molecule has 1 spiro atoms. The van der Waals surface area contributed by atoms with Crippen LogP contribution in [0, 0.1) is 91.7 Å². The van der Waals surface area contributed by atoms with Crippen molar-refractivity contribution in [1.82, 2.24) is 0 Å². The van der Waals surface area contributed by atoms with Crippen molar-refractivity contribution in [3.05, 3.63) is 72.8 Å². The molecule has 6 bridgehead atoms. The van der Waals surface area contributed by atoms with E-state index in [2.05, 4.69) is 132 Å². The zero-order valence-electron chi connectivity index (χ0n) is 41.2. The smallest absolute Gasteiger partial charge is 0.0360 e. The standard InChI is InChI=1S/C23H30N2S2.C17H28N2S2.C11H26N2S2.2Ar.5FH/c1-3-13-24-19-7-5-8-20(15-19)25-14-4-2-12-23(11-1)17-26-21-9-6-10-22(16-21)27-18-23;18-10-3-1-8-17(9-2-4-11-19)13-20-15-6-5-7-16(12-15)21-14-17;12-7-3-1-5-11(9-14,10-15)6-2-4-8-13;;;;;;;/h5-10,15-16,24-25H,1-4,11-14,17-18H2;5-7,12H,1-4,8-11,13-14,18-19H2;14-15H,1-10,12-13H2;;;5*1H. The third-order valence-electron chi connectivity index (χ3n) is 12.9. The quantitative estimate of drug-likeness (QED) is 0.0354. The van der Waals surface area contributed by atoms with Crippen molar-refractivity contribution in [1.29, 1.82) is 0 Å². The maximum Gasteiger partial charge on any atom is 0.0360 e. The van der Waals surface area contributed by atoms with Crippen LogP contribution in [0.1, 0.15) is 116 Å². The first-order valence-electron chi connectivity index (χ1n) is 24.2. The summed E-state index contributed by atoms with van der Waals surface area (Å²) in [6.45, 7) is 5.35. The molecule has 0 aromatic heterocycles. The van der Waals surface area contributed by atoms with Crippen molar-refractivity contribution in [3.8, 4) is 0 Å². The molecule has 0 radical (unpaired) electrons. The predicted octanol–water partition coefficient (Wildman–Crippen LogP) is 13.7. The third kappa shape index (κ3) is 30.3. The van der Waals surface area contributed by atoms with E-state index in [1.54, 1.807) is 0 Å². The van der Waals surface area contributed by atoms with Crippen LogP contribution in [0.5, 0.6) is 0 Å². The van der Waals surface area contributed by atoms with Gasteiger partial charge >= 0.3 is 0 Å². The number of rotatable bonds is 18. The van der Waals surface area contributed by atoms with Crippen molar-refractivity contribution in [2.24, 2.45) is 39.2 Å². The summed E-state index contributed by atoms with van der Waals surface area (Å²) in [7, 11) is 0. The van der Waals surface area contributed by atoms with E-state index >= 15 is 0 Å². The second-order valence-corrected chi connectivity index (χ2v) is 23.1. The van der Waals surface area contributed by atoms with E-state index in [0.29, 0.717) is 16.2 Å². The van der Waals surface area contributed by atoms with E-state index in [1.165, 1.54) is 144 Å². The van der Waals surface area contributed by atoms with Gasteiger partial charge < -0.3 is 33.6 Å². The number of unbranched alkanes of at least 4 members (excludes halogenated alkanes) is 4. The molecule has 6 nitrogen and oxygen atoms in total. The van der Waals surface area contributed by atoms with E-state index in [4.69, 9.17) is 22.9 Å². The van der Waals surface area contributed by atoms with Crippen LogP contribution in [0.25, 0.3) is 0 Å². The van der Waals surface area contributed by atoms with E-state index < -0.39 is 0 Å². The van der Waals surface area contributed by atoms with Gasteiger partial charge in [-0.15, -0.1) is 47.0 Å². The van der Waals surface area contributed by atoms with Crippen molar-refractivity contribution in [3.63, 3.8) is 0 Å². The second-order valence-electron chi connectivity index (χ2n) is 18.3. The number of thiol groups is 2. The Kier molecular flexibility index (Phi) is 51.7. The van der Waals surface area contributed by atoms with E-state index in [9.17, 15) is 0 Å². The van der Waals surface area contributed by atoms with Gasteiger partial charge in [-0.05, 0) is 186 Å². The van der Waals surface area contributed by atoms with E-state index in [1.807, 2.05) is 23.5 Å². The molecule has 410 valence electrons. The van der Waals surface area contributed by atoms with Gasteiger partial charge in [0, 0.05) is 143 Å². The molecule has 10 N–H and O–H groups in total. The summed E-state index contributed by atoms with van der Waals surface area (Å²) in [5, 5.41) is 7.21. The molecule has 70 heavy (non-hydrogen) atoms. The molecule has 0 amide bonds. The average Bonchev–Trinajstić information content (AvgIpc) is 3.31. The summed E-state index contributed by atoms with van der Waals surface area (Å²) in [6.07, 6.45) is 22.3. The predicted molar refractivity (Wildman–Crippen MR) is 306 cm³/mol. The van der Waals surface area contributed by atoms with Gasteiger partial charge in [0.1, 0.15) is 0 Å². The van der Waals surface area contributed by atoms with Gasteiger partial charge in [-0.3, -0.25) is 23.5 Å². The van der Waals surface area contributed by atoms with Crippen molar-refractivity contribution in [2.75, 3.05) is 84.4 Å². The minimum Gasteiger partial charge on any atom is -0.385 e. The molecule has 3 aromatic carbocycles. The van der Waals surface area contributed by atoms with Crippen molar-refractivity contribution < 1.29 is 99.0 Å². The summed E-state index contributed by atoms with van der Waals surface area (Å²) >= 11 is 17.2. The van der Waals surface area contributed by atoms with Crippen LogP contribution >= 0.6 is 72.3 Å². The summed E-state index contributed by atoms with van der Waals surface area (Å²) < 4.78 is 0. The molecule has 0 saturated carbocycles. The largest absolute Gasteiger partial charge is 0.385 e. The third-order valence-corrected chi connectivity index (χ3v) is 19.6. The molecule has 0 aliphatic carbocycles. The Morgan fingerprint density at radius 3 is 1.20 bits per heavy atom. The molecule has 3 aliphatic heterocycles. The van der Waals surface area contributed by atoms with Crippen LogP contribution < -0.4 is 33.6 Å². The van der Waals surface area contributed by atoms with Crippen LogP contribution in [-0.2, 0) is 0 Å². The number of fused-ring (bicyclic) bond motifs is 6. The first-order chi connectivity index (χ1) is 30.8. The van der Waals surface area contributed by atoms with Crippen molar-refractivity contribution >= 4 is 83.7 Å². The molecule has 3 aromatic rings. The number of anilines is 2. The molecule has 3 heterocycles. The molecule has 3 aliphatic rings. The zero-order valence-corrected chi connectivity index (χ0v) is 47.7.